The third kappa shape index (κ3) is 3.14. The quantitative estimate of drug-likeness (QED) is 0.745. The van der Waals surface area contributed by atoms with Gasteiger partial charge in [0.2, 0.25) is 0 Å². The standard InChI is InChI=1S/C16H22ClN3O2/c1-16(2,3)22-15(21)20-9-11-6-7-19(10-13(11)20)12-4-5-14(17)18-8-12/h4-5,8,11,13H,6-7,9-10H2,1-3H3/t11-,13-/m0/s1. The first-order valence-corrected chi connectivity index (χ1v) is 8.07. The molecule has 1 aromatic heterocycles. The van der Waals surface area contributed by atoms with Crippen molar-refractivity contribution in [1.82, 2.24) is 9.88 Å². The molecule has 0 saturated carbocycles. The maximum atomic E-state index is 12.2. The van der Waals surface area contributed by atoms with Gasteiger partial charge in [-0.3, -0.25) is 0 Å². The first kappa shape index (κ1) is 15.4. The minimum Gasteiger partial charge on any atom is -0.444 e. The number of nitrogens with zero attached hydrogens (tertiary/aromatic N) is 3. The maximum absolute atomic E-state index is 12.2. The second-order valence-corrected chi connectivity index (χ2v) is 7.42. The monoisotopic (exact) mass is 323 g/mol. The number of carbonyl (C=O) groups is 1. The van der Waals surface area contributed by atoms with Crippen molar-refractivity contribution in [2.24, 2.45) is 5.92 Å². The van der Waals surface area contributed by atoms with E-state index in [9.17, 15) is 4.79 Å². The number of fused-ring (bicyclic) bond motifs is 1. The van der Waals surface area contributed by atoms with Crippen LogP contribution in [0.4, 0.5) is 10.5 Å². The van der Waals surface area contributed by atoms with Crippen LogP contribution in [0.25, 0.3) is 0 Å². The van der Waals surface area contributed by atoms with Crippen molar-refractivity contribution in [3.05, 3.63) is 23.5 Å². The number of carbonyl (C=O) groups excluding carboxylic acids is 1. The van der Waals surface area contributed by atoms with Crippen molar-refractivity contribution in [2.45, 2.75) is 38.8 Å². The first-order valence-electron chi connectivity index (χ1n) is 7.69. The molecule has 1 amide bonds. The predicted octanol–water partition coefficient (Wildman–Crippen LogP) is 3.18. The summed E-state index contributed by atoms with van der Waals surface area (Å²) in [4.78, 5) is 20.5. The number of piperidine rings is 1. The molecule has 2 saturated heterocycles. The molecule has 0 aliphatic carbocycles. The van der Waals surface area contributed by atoms with Gasteiger partial charge in [0.1, 0.15) is 10.8 Å². The highest BCUT2D eigenvalue weighted by Crippen LogP contribution is 2.35. The number of rotatable bonds is 1. The highest BCUT2D eigenvalue weighted by Gasteiger charge is 2.46. The summed E-state index contributed by atoms with van der Waals surface area (Å²) in [5.74, 6) is 0.587. The van der Waals surface area contributed by atoms with E-state index in [-0.39, 0.29) is 12.1 Å². The van der Waals surface area contributed by atoms with Crippen LogP contribution in [-0.4, -0.2) is 47.3 Å². The van der Waals surface area contributed by atoms with Crippen molar-refractivity contribution in [3.8, 4) is 0 Å². The molecule has 2 aliphatic heterocycles. The molecular formula is C16H22ClN3O2. The summed E-state index contributed by atoms with van der Waals surface area (Å²) < 4.78 is 5.49. The molecule has 6 heteroatoms. The van der Waals surface area contributed by atoms with Crippen LogP contribution in [0.1, 0.15) is 27.2 Å². The molecule has 0 bridgehead atoms. The van der Waals surface area contributed by atoms with Crippen LogP contribution in [-0.2, 0) is 4.74 Å². The summed E-state index contributed by atoms with van der Waals surface area (Å²) >= 11 is 5.84. The largest absolute Gasteiger partial charge is 0.444 e. The van der Waals surface area contributed by atoms with Crippen LogP contribution >= 0.6 is 11.6 Å². The normalized spacial score (nSPS) is 24.5. The number of ether oxygens (including phenoxy) is 1. The van der Waals surface area contributed by atoms with E-state index >= 15 is 0 Å². The van der Waals surface area contributed by atoms with Gasteiger partial charge >= 0.3 is 6.09 Å². The second-order valence-electron chi connectivity index (χ2n) is 7.03. The number of halogens is 1. The van der Waals surface area contributed by atoms with E-state index in [1.54, 1.807) is 12.3 Å². The number of pyridine rings is 1. The van der Waals surface area contributed by atoms with Crippen molar-refractivity contribution in [2.75, 3.05) is 24.5 Å². The summed E-state index contributed by atoms with van der Waals surface area (Å²) in [6.07, 6.45) is 2.68. The summed E-state index contributed by atoms with van der Waals surface area (Å²) in [5.41, 5.74) is 0.607. The summed E-state index contributed by atoms with van der Waals surface area (Å²) in [5, 5.41) is 0.498. The van der Waals surface area contributed by atoms with Crippen LogP contribution in [0, 0.1) is 5.92 Å². The lowest BCUT2D eigenvalue weighted by Crippen LogP contribution is -2.66. The smallest absolute Gasteiger partial charge is 0.410 e. The zero-order valence-electron chi connectivity index (χ0n) is 13.3. The van der Waals surface area contributed by atoms with Crippen LogP contribution in [0.2, 0.25) is 5.15 Å². The molecule has 3 rings (SSSR count). The van der Waals surface area contributed by atoms with E-state index in [4.69, 9.17) is 16.3 Å². The lowest BCUT2D eigenvalue weighted by atomic mass is 9.82. The van der Waals surface area contributed by atoms with E-state index in [2.05, 4.69) is 9.88 Å². The van der Waals surface area contributed by atoms with Crippen LogP contribution in [0.5, 0.6) is 0 Å². The van der Waals surface area contributed by atoms with Gasteiger partial charge in [0.25, 0.3) is 0 Å². The van der Waals surface area contributed by atoms with Gasteiger partial charge in [0.05, 0.1) is 17.9 Å². The molecule has 0 aromatic carbocycles. The Hall–Kier alpha value is -1.49. The molecule has 0 spiro atoms. The van der Waals surface area contributed by atoms with E-state index < -0.39 is 5.60 Å². The molecule has 0 radical (unpaired) electrons. The van der Waals surface area contributed by atoms with Gasteiger partial charge in [-0.05, 0) is 39.3 Å². The molecule has 120 valence electrons. The third-order valence-electron chi connectivity index (χ3n) is 4.26. The number of amides is 1. The number of likely N-dealkylation sites (tertiary alicyclic amines) is 1. The predicted molar refractivity (Wildman–Crippen MR) is 86.3 cm³/mol. The highest BCUT2D eigenvalue weighted by molar-refractivity contribution is 6.29. The molecule has 2 aliphatic rings. The van der Waals surface area contributed by atoms with Crippen LogP contribution in [0.15, 0.2) is 18.3 Å². The Morgan fingerprint density at radius 3 is 2.77 bits per heavy atom. The van der Waals surface area contributed by atoms with E-state index in [0.29, 0.717) is 11.1 Å². The number of anilines is 1. The maximum Gasteiger partial charge on any atom is 0.410 e. The Bertz CT molecular complexity index is 556. The molecule has 5 nitrogen and oxygen atoms in total. The van der Waals surface area contributed by atoms with E-state index in [0.717, 1.165) is 31.7 Å². The zero-order valence-corrected chi connectivity index (χ0v) is 14.0. The average Bonchev–Trinajstić information content (AvgIpc) is 2.39. The van der Waals surface area contributed by atoms with E-state index in [1.165, 1.54) is 0 Å². The van der Waals surface area contributed by atoms with Crippen molar-refractivity contribution < 1.29 is 9.53 Å². The van der Waals surface area contributed by atoms with Crippen molar-refractivity contribution in [3.63, 3.8) is 0 Å². The summed E-state index contributed by atoms with van der Waals surface area (Å²) in [6, 6.07) is 4.01. The number of hydrogen-bond acceptors (Lipinski definition) is 4. The number of hydrogen-bond donors (Lipinski definition) is 0. The molecule has 0 N–H and O–H groups in total. The lowest BCUT2D eigenvalue weighted by Gasteiger charge is -2.53. The van der Waals surface area contributed by atoms with Gasteiger partial charge < -0.3 is 14.5 Å². The molecule has 2 atom stereocenters. The highest BCUT2D eigenvalue weighted by atomic mass is 35.5. The Labute approximate surface area is 136 Å². The van der Waals surface area contributed by atoms with Gasteiger partial charge in [0, 0.05) is 25.6 Å². The van der Waals surface area contributed by atoms with Crippen molar-refractivity contribution >= 4 is 23.4 Å². The molecule has 3 heterocycles. The zero-order chi connectivity index (χ0) is 15.9. The van der Waals surface area contributed by atoms with Gasteiger partial charge in [-0.15, -0.1) is 0 Å². The topological polar surface area (TPSA) is 45.7 Å². The minimum absolute atomic E-state index is 0.204. The fourth-order valence-electron chi connectivity index (χ4n) is 3.12. The third-order valence-corrected chi connectivity index (χ3v) is 4.48. The molecular weight excluding hydrogens is 302 g/mol. The first-order chi connectivity index (χ1) is 10.3. The average molecular weight is 324 g/mol. The summed E-state index contributed by atoms with van der Waals surface area (Å²) in [7, 11) is 0. The minimum atomic E-state index is -0.448. The van der Waals surface area contributed by atoms with Crippen LogP contribution in [0.3, 0.4) is 0 Å². The molecule has 0 unspecified atom stereocenters. The van der Waals surface area contributed by atoms with E-state index in [1.807, 2.05) is 31.7 Å². The lowest BCUT2D eigenvalue weighted by molar-refractivity contribution is -0.0345. The Morgan fingerprint density at radius 1 is 1.36 bits per heavy atom. The Morgan fingerprint density at radius 2 is 2.14 bits per heavy atom. The van der Waals surface area contributed by atoms with Gasteiger partial charge in [-0.1, -0.05) is 11.6 Å². The fourth-order valence-corrected chi connectivity index (χ4v) is 3.23. The second kappa shape index (κ2) is 5.61. The Balaban J connectivity index is 1.65. The van der Waals surface area contributed by atoms with Gasteiger partial charge in [-0.25, -0.2) is 9.78 Å². The summed E-state index contributed by atoms with van der Waals surface area (Å²) in [6.45, 7) is 8.32. The van der Waals surface area contributed by atoms with Crippen molar-refractivity contribution in [1.29, 1.82) is 0 Å². The Kier molecular flexibility index (Phi) is 3.93. The molecule has 2 fully saturated rings. The van der Waals surface area contributed by atoms with Gasteiger partial charge in [-0.2, -0.15) is 0 Å². The number of aromatic nitrogens is 1. The SMILES string of the molecule is CC(C)(C)OC(=O)N1C[C@@H]2CCN(c3ccc(Cl)nc3)C[C@@H]21. The van der Waals surface area contributed by atoms with Crippen LogP contribution < -0.4 is 4.90 Å². The van der Waals surface area contributed by atoms with Gasteiger partial charge in [0.15, 0.2) is 0 Å². The molecule has 22 heavy (non-hydrogen) atoms. The molecule has 1 aromatic rings. The fraction of sp³-hybridized carbons (Fsp3) is 0.625.